The predicted molar refractivity (Wildman–Crippen MR) is 82.4 cm³/mol. The zero-order chi connectivity index (χ0) is 15.9. The van der Waals surface area contributed by atoms with Crippen LogP contribution in [-0.2, 0) is 18.3 Å². The van der Waals surface area contributed by atoms with E-state index >= 15 is 0 Å². The third kappa shape index (κ3) is 2.19. The van der Waals surface area contributed by atoms with E-state index < -0.39 is 0 Å². The van der Waals surface area contributed by atoms with E-state index in [4.69, 9.17) is 4.74 Å². The Bertz CT molecular complexity index is 810. The first-order valence-electron chi connectivity index (χ1n) is 7.44. The van der Waals surface area contributed by atoms with Gasteiger partial charge in [-0.05, 0) is 19.9 Å². The van der Waals surface area contributed by atoms with E-state index in [0.717, 1.165) is 29.9 Å². The first kappa shape index (κ1) is 15.0. The smallest absolute Gasteiger partial charge is 0.332 e. The van der Waals surface area contributed by atoms with Crippen LogP contribution in [0.15, 0.2) is 9.59 Å². The van der Waals surface area contributed by atoms with Gasteiger partial charge in [0, 0.05) is 26.7 Å². The Morgan fingerprint density at radius 1 is 1.41 bits per heavy atom. The Morgan fingerprint density at radius 3 is 2.82 bits per heavy atom. The van der Waals surface area contributed by atoms with Crippen molar-refractivity contribution >= 4 is 11.2 Å². The molecular formula is C14H21N5O3. The van der Waals surface area contributed by atoms with E-state index in [2.05, 4.69) is 10.3 Å². The highest BCUT2D eigenvalue weighted by Gasteiger charge is 2.25. The van der Waals surface area contributed by atoms with Gasteiger partial charge in [0.25, 0.3) is 5.56 Å². The van der Waals surface area contributed by atoms with Crippen molar-refractivity contribution < 1.29 is 4.74 Å². The van der Waals surface area contributed by atoms with E-state index in [9.17, 15) is 9.59 Å². The molecule has 0 aromatic carbocycles. The Kier molecular flexibility index (Phi) is 3.88. The number of hydrogen-bond acceptors (Lipinski definition) is 5. The lowest BCUT2D eigenvalue weighted by atomic mass is 10.2. The number of aryl methyl sites for hydroxylation is 1. The highest BCUT2D eigenvalue weighted by molar-refractivity contribution is 5.71. The van der Waals surface area contributed by atoms with Gasteiger partial charge in [0.1, 0.15) is 5.82 Å². The summed E-state index contributed by atoms with van der Waals surface area (Å²) in [5.74, 6) is 0.762. The molecule has 0 bridgehead atoms. The highest BCUT2D eigenvalue weighted by Crippen LogP contribution is 2.22. The number of nitrogens with zero attached hydrogens (tertiary/aromatic N) is 4. The maximum atomic E-state index is 12.6. The molecule has 0 amide bonds. The van der Waals surface area contributed by atoms with Crippen LogP contribution in [0.1, 0.15) is 18.3 Å². The number of fused-ring (bicyclic) bond motifs is 1. The Hall–Kier alpha value is -1.93. The molecule has 1 atom stereocenters. The number of hydrogen-bond donors (Lipinski definition) is 1. The van der Waals surface area contributed by atoms with Crippen LogP contribution in [0.5, 0.6) is 0 Å². The molecule has 0 aliphatic carbocycles. The van der Waals surface area contributed by atoms with Crippen molar-refractivity contribution in [1.82, 2.24) is 24.0 Å². The summed E-state index contributed by atoms with van der Waals surface area (Å²) in [7, 11) is 3.09. The molecule has 1 saturated heterocycles. The normalized spacial score (nSPS) is 18.4. The molecule has 1 unspecified atom stereocenters. The summed E-state index contributed by atoms with van der Waals surface area (Å²) in [5.41, 5.74) is 0.309. The summed E-state index contributed by atoms with van der Waals surface area (Å²) in [4.78, 5) is 29.5. The minimum Gasteiger partial charge on any atom is -0.383 e. The van der Waals surface area contributed by atoms with Crippen LogP contribution in [0, 0.1) is 6.92 Å². The molecule has 22 heavy (non-hydrogen) atoms. The fourth-order valence-corrected chi connectivity index (χ4v) is 3.12. The van der Waals surface area contributed by atoms with Crippen LogP contribution in [0.3, 0.4) is 0 Å². The summed E-state index contributed by atoms with van der Waals surface area (Å²) in [6.45, 7) is 4.38. The topological polar surface area (TPSA) is 83.1 Å². The lowest BCUT2D eigenvalue weighted by Crippen LogP contribution is -2.39. The zero-order valence-corrected chi connectivity index (χ0v) is 13.1. The number of nitrogens with one attached hydrogen (secondary N) is 1. The molecule has 0 radical (unpaired) electrons. The fraction of sp³-hybridized carbons (Fsp3) is 0.643. The number of ether oxygens (including phenoxy) is 1. The molecular weight excluding hydrogens is 286 g/mol. The van der Waals surface area contributed by atoms with Gasteiger partial charge in [-0.3, -0.25) is 13.9 Å². The first-order valence-corrected chi connectivity index (χ1v) is 7.44. The van der Waals surface area contributed by atoms with Gasteiger partial charge in [0.2, 0.25) is 0 Å². The van der Waals surface area contributed by atoms with Crippen molar-refractivity contribution in [3.05, 3.63) is 26.7 Å². The van der Waals surface area contributed by atoms with E-state index in [0.29, 0.717) is 24.3 Å². The van der Waals surface area contributed by atoms with Gasteiger partial charge in [-0.25, -0.2) is 9.78 Å². The Balaban J connectivity index is 2.31. The summed E-state index contributed by atoms with van der Waals surface area (Å²) in [5, 5.41) is 3.30. The molecule has 2 aromatic rings. The number of imidazole rings is 1. The second-order valence-corrected chi connectivity index (χ2v) is 5.64. The SMILES string of the molecule is COCCn1c(=O)n(C)c(=O)c2c1nc(C)n2C1CCNC1. The van der Waals surface area contributed by atoms with Crippen molar-refractivity contribution in [3.8, 4) is 0 Å². The molecule has 0 saturated carbocycles. The van der Waals surface area contributed by atoms with Gasteiger partial charge in [-0.2, -0.15) is 0 Å². The molecule has 1 N–H and O–H groups in total. The lowest BCUT2D eigenvalue weighted by Gasteiger charge is -2.14. The highest BCUT2D eigenvalue weighted by atomic mass is 16.5. The van der Waals surface area contributed by atoms with Crippen molar-refractivity contribution in [2.75, 3.05) is 26.8 Å². The van der Waals surface area contributed by atoms with E-state index in [1.807, 2.05) is 11.5 Å². The second kappa shape index (κ2) is 5.69. The van der Waals surface area contributed by atoms with Crippen LogP contribution < -0.4 is 16.6 Å². The number of methoxy groups -OCH3 is 1. The summed E-state index contributed by atoms with van der Waals surface area (Å²) < 4.78 is 9.71. The van der Waals surface area contributed by atoms with Crippen LogP contribution in [0.25, 0.3) is 11.2 Å². The molecule has 120 valence electrons. The zero-order valence-electron chi connectivity index (χ0n) is 13.1. The van der Waals surface area contributed by atoms with Crippen LogP contribution in [0.4, 0.5) is 0 Å². The van der Waals surface area contributed by atoms with E-state index in [-0.39, 0.29) is 17.3 Å². The van der Waals surface area contributed by atoms with Gasteiger partial charge in [-0.15, -0.1) is 0 Å². The standard InChI is InChI=1S/C14H21N5O3/c1-9-16-12-11(19(9)10-4-5-15-8-10)13(20)17(2)14(21)18(12)6-7-22-3/h10,15H,4-8H2,1-3H3. The van der Waals surface area contributed by atoms with Crippen molar-refractivity contribution in [2.45, 2.75) is 25.9 Å². The average Bonchev–Trinajstić information content (AvgIpc) is 3.12. The van der Waals surface area contributed by atoms with Crippen LogP contribution in [-0.4, -0.2) is 45.5 Å². The maximum Gasteiger partial charge on any atom is 0.332 e. The van der Waals surface area contributed by atoms with Crippen LogP contribution >= 0.6 is 0 Å². The minimum absolute atomic E-state index is 0.200. The van der Waals surface area contributed by atoms with Gasteiger partial charge < -0.3 is 14.6 Å². The molecule has 8 nitrogen and oxygen atoms in total. The number of aromatic nitrogens is 4. The van der Waals surface area contributed by atoms with Crippen LogP contribution in [0.2, 0.25) is 0 Å². The van der Waals surface area contributed by atoms with Gasteiger partial charge >= 0.3 is 5.69 Å². The molecule has 3 heterocycles. The third-order valence-electron chi connectivity index (χ3n) is 4.27. The van der Waals surface area contributed by atoms with Gasteiger partial charge in [0.05, 0.1) is 13.2 Å². The Morgan fingerprint density at radius 2 is 2.18 bits per heavy atom. The lowest BCUT2D eigenvalue weighted by molar-refractivity contribution is 0.186. The largest absolute Gasteiger partial charge is 0.383 e. The molecule has 8 heteroatoms. The molecule has 3 rings (SSSR count). The number of rotatable bonds is 4. The first-order chi connectivity index (χ1) is 10.6. The summed E-state index contributed by atoms with van der Waals surface area (Å²) in [6, 6.07) is 0.200. The molecule has 2 aromatic heterocycles. The van der Waals surface area contributed by atoms with E-state index in [1.165, 1.54) is 11.6 Å². The minimum atomic E-state index is -0.358. The Labute approximate surface area is 127 Å². The maximum absolute atomic E-state index is 12.6. The third-order valence-corrected chi connectivity index (χ3v) is 4.27. The fourth-order valence-electron chi connectivity index (χ4n) is 3.12. The van der Waals surface area contributed by atoms with Gasteiger partial charge in [0.15, 0.2) is 11.2 Å². The average molecular weight is 307 g/mol. The molecule has 1 aliphatic rings. The van der Waals surface area contributed by atoms with Crippen molar-refractivity contribution in [1.29, 1.82) is 0 Å². The summed E-state index contributed by atoms with van der Waals surface area (Å²) >= 11 is 0. The monoisotopic (exact) mass is 307 g/mol. The quantitative estimate of drug-likeness (QED) is 0.814. The van der Waals surface area contributed by atoms with Crippen molar-refractivity contribution in [2.24, 2.45) is 7.05 Å². The predicted octanol–water partition coefficient (Wildman–Crippen LogP) is -0.614. The molecule has 0 spiro atoms. The van der Waals surface area contributed by atoms with Crippen molar-refractivity contribution in [3.63, 3.8) is 0 Å². The molecule has 1 aliphatic heterocycles. The summed E-state index contributed by atoms with van der Waals surface area (Å²) in [6.07, 6.45) is 0.951. The second-order valence-electron chi connectivity index (χ2n) is 5.64. The molecule has 1 fully saturated rings. The van der Waals surface area contributed by atoms with E-state index in [1.54, 1.807) is 7.11 Å². The van der Waals surface area contributed by atoms with Gasteiger partial charge in [-0.1, -0.05) is 0 Å².